The topological polar surface area (TPSA) is 76.9 Å². The van der Waals surface area contributed by atoms with Gasteiger partial charge in [-0.25, -0.2) is 4.68 Å². The Balaban J connectivity index is 2.55. The summed E-state index contributed by atoms with van der Waals surface area (Å²) in [6, 6.07) is 3.15. The molecule has 11 heteroatoms. The van der Waals surface area contributed by atoms with Gasteiger partial charge in [-0.1, -0.05) is 13.8 Å². The van der Waals surface area contributed by atoms with Crippen molar-refractivity contribution in [2.75, 3.05) is 0 Å². The molecule has 2 N–H and O–H groups in total. The highest BCUT2D eigenvalue weighted by molar-refractivity contribution is 5.62. The number of nitrogens with two attached hydrogens (primary N) is 1. The van der Waals surface area contributed by atoms with Gasteiger partial charge < -0.3 is 10.5 Å². The minimum atomic E-state index is -5.05. The van der Waals surface area contributed by atoms with Crippen LogP contribution < -0.4 is 10.5 Å². The lowest BCUT2D eigenvalue weighted by Crippen LogP contribution is -2.42. The highest BCUT2D eigenvalue weighted by atomic mass is 19.4. The van der Waals surface area contributed by atoms with Crippen molar-refractivity contribution < 1.29 is 31.1 Å². The number of allylic oxidation sites excluding steroid dienone is 1. The van der Waals surface area contributed by atoms with Gasteiger partial charge in [-0.15, -0.1) is 0 Å². The molecule has 166 valence electrons. The van der Waals surface area contributed by atoms with Gasteiger partial charge in [0.2, 0.25) is 11.8 Å². The number of halogens is 6. The van der Waals surface area contributed by atoms with E-state index < -0.39 is 40.7 Å². The number of aryl methyl sites for hydroxylation is 2. The molecule has 1 aliphatic rings. The number of benzene rings is 1. The summed E-state index contributed by atoms with van der Waals surface area (Å²) in [5.41, 5.74) is 1.06. The Bertz CT molecular complexity index is 1090. The van der Waals surface area contributed by atoms with Gasteiger partial charge in [0.1, 0.15) is 11.6 Å². The molecular formula is C20H18F6N4O. The average molecular weight is 444 g/mol. The predicted octanol–water partition coefficient (Wildman–Crippen LogP) is 4.79. The van der Waals surface area contributed by atoms with Gasteiger partial charge in [0, 0.05) is 7.05 Å². The maximum atomic E-state index is 13.6. The summed E-state index contributed by atoms with van der Waals surface area (Å²) in [5.74, 6) is -1.04. The average Bonchev–Trinajstić information content (AvgIpc) is 2.92. The Morgan fingerprint density at radius 3 is 2.03 bits per heavy atom. The van der Waals surface area contributed by atoms with Crippen LogP contribution in [0.5, 0.6) is 5.88 Å². The molecule has 0 saturated heterocycles. The summed E-state index contributed by atoms with van der Waals surface area (Å²) in [7, 11) is 1.49. The molecule has 1 aliphatic heterocycles. The number of nitriles is 1. The van der Waals surface area contributed by atoms with Crippen molar-refractivity contribution in [3.63, 3.8) is 0 Å². The Morgan fingerprint density at radius 2 is 1.61 bits per heavy atom. The fourth-order valence-corrected chi connectivity index (χ4v) is 4.21. The van der Waals surface area contributed by atoms with Crippen molar-refractivity contribution in [2.45, 2.75) is 38.5 Å². The lowest BCUT2D eigenvalue weighted by Gasteiger charge is -2.41. The molecule has 0 radical (unpaired) electrons. The molecule has 2 heterocycles. The van der Waals surface area contributed by atoms with Gasteiger partial charge >= 0.3 is 12.4 Å². The number of hydrogen-bond donors (Lipinski definition) is 1. The minimum absolute atomic E-state index is 0.0486. The van der Waals surface area contributed by atoms with Crippen LogP contribution in [0.15, 0.2) is 29.7 Å². The molecule has 0 aliphatic carbocycles. The van der Waals surface area contributed by atoms with E-state index in [0.29, 0.717) is 12.1 Å². The van der Waals surface area contributed by atoms with Crippen molar-refractivity contribution in [3.05, 3.63) is 57.6 Å². The zero-order valence-corrected chi connectivity index (χ0v) is 16.9. The molecule has 5 nitrogen and oxygen atoms in total. The molecule has 1 aromatic heterocycles. The monoisotopic (exact) mass is 444 g/mol. The molecule has 0 spiro atoms. The van der Waals surface area contributed by atoms with Crippen LogP contribution in [0.25, 0.3) is 0 Å². The molecule has 31 heavy (non-hydrogen) atoms. The number of hydrogen-bond acceptors (Lipinski definition) is 4. The second kappa shape index (κ2) is 6.93. The third-order valence-corrected chi connectivity index (χ3v) is 5.43. The van der Waals surface area contributed by atoms with E-state index in [-0.39, 0.29) is 34.3 Å². The summed E-state index contributed by atoms with van der Waals surface area (Å²) in [4.78, 5) is 0. The van der Waals surface area contributed by atoms with E-state index in [1.54, 1.807) is 13.8 Å². The summed E-state index contributed by atoms with van der Waals surface area (Å²) in [5, 5.41) is 14.0. The summed E-state index contributed by atoms with van der Waals surface area (Å²) in [6.07, 6.45) is -10.1. The van der Waals surface area contributed by atoms with Crippen LogP contribution in [0.1, 0.15) is 41.8 Å². The highest BCUT2D eigenvalue weighted by Crippen LogP contribution is 2.54. The van der Waals surface area contributed by atoms with Crippen LogP contribution in [0.4, 0.5) is 26.3 Å². The highest BCUT2D eigenvalue weighted by Gasteiger charge is 2.52. The largest absolute Gasteiger partial charge is 0.422 e. The molecule has 1 atom stereocenters. The first kappa shape index (κ1) is 22.5. The summed E-state index contributed by atoms with van der Waals surface area (Å²) < 4.78 is 88.1. The zero-order valence-electron chi connectivity index (χ0n) is 16.9. The van der Waals surface area contributed by atoms with E-state index in [1.807, 2.05) is 6.07 Å². The van der Waals surface area contributed by atoms with Crippen LogP contribution >= 0.6 is 0 Å². The van der Waals surface area contributed by atoms with Crippen LogP contribution in [0, 0.1) is 24.2 Å². The van der Waals surface area contributed by atoms with Crippen LogP contribution in [0.2, 0.25) is 0 Å². The molecular weight excluding hydrogens is 426 g/mol. The number of ether oxygens (including phenoxy) is 1. The predicted molar refractivity (Wildman–Crippen MR) is 97.5 cm³/mol. The standard InChI is InChI=1S/C20H18F6N4O/c1-9(2)18(11-5-12(19(21,22)23)7-13(6-11)20(24,25)26)14(8-27)16(28)31-17-15(18)10(3)29-30(17)4/h5-7,9H,28H2,1-4H3. The van der Waals surface area contributed by atoms with Gasteiger partial charge in [-0.05, 0) is 36.6 Å². The van der Waals surface area contributed by atoms with E-state index in [2.05, 4.69) is 5.10 Å². The molecule has 2 aromatic rings. The van der Waals surface area contributed by atoms with E-state index in [1.165, 1.54) is 18.7 Å². The third kappa shape index (κ3) is 3.30. The Hall–Kier alpha value is -3.16. The van der Waals surface area contributed by atoms with E-state index >= 15 is 0 Å². The normalized spacial score (nSPS) is 19.3. The van der Waals surface area contributed by atoms with Gasteiger partial charge in [-0.2, -0.15) is 36.7 Å². The van der Waals surface area contributed by atoms with Gasteiger partial charge in [-0.3, -0.25) is 0 Å². The SMILES string of the molecule is Cc1nn(C)c2c1C(c1cc(C(F)(F)F)cc(C(F)(F)F)c1)(C(C)C)C(C#N)=C(N)O2. The third-order valence-electron chi connectivity index (χ3n) is 5.43. The number of fused-ring (bicyclic) bond motifs is 1. The van der Waals surface area contributed by atoms with Crippen molar-refractivity contribution in [3.8, 4) is 11.9 Å². The maximum Gasteiger partial charge on any atom is 0.416 e. The van der Waals surface area contributed by atoms with Crippen molar-refractivity contribution in [2.24, 2.45) is 18.7 Å². The maximum absolute atomic E-state index is 13.6. The van der Waals surface area contributed by atoms with Gasteiger partial charge in [0.15, 0.2) is 0 Å². The summed E-state index contributed by atoms with van der Waals surface area (Å²) in [6.45, 7) is 4.70. The molecule has 0 saturated carbocycles. The molecule has 3 rings (SSSR count). The quantitative estimate of drug-likeness (QED) is 0.676. The van der Waals surface area contributed by atoms with Crippen molar-refractivity contribution >= 4 is 0 Å². The molecule has 0 bridgehead atoms. The first-order valence-corrected chi connectivity index (χ1v) is 9.07. The number of rotatable bonds is 2. The van der Waals surface area contributed by atoms with E-state index in [9.17, 15) is 31.6 Å². The Labute approximate surface area is 173 Å². The van der Waals surface area contributed by atoms with Gasteiger partial charge in [0.05, 0.1) is 27.8 Å². The second-order valence-electron chi connectivity index (χ2n) is 7.60. The molecule has 0 fully saturated rings. The first-order chi connectivity index (χ1) is 14.1. The lowest BCUT2D eigenvalue weighted by atomic mass is 9.61. The number of nitrogens with zero attached hydrogens (tertiary/aromatic N) is 3. The minimum Gasteiger partial charge on any atom is -0.422 e. The molecule has 1 aromatic carbocycles. The number of alkyl halides is 6. The van der Waals surface area contributed by atoms with E-state index in [4.69, 9.17) is 10.5 Å². The van der Waals surface area contributed by atoms with Crippen molar-refractivity contribution in [1.29, 1.82) is 5.26 Å². The molecule has 0 amide bonds. The molecule has 1 unspecified atom stereocenters. The first-order valence-electron chi connectivity index (χ1n) is 9.07. The smallest absolute Gasteiger partial charge is 0.416 e. The fraction of sp³-hybridized carbons (Fsp3) is 0.400. The van der Waals surface area contributed by atoms with Crippen molar-refractivity contribution in [1.82, 2.24) is 9.78 Å². The van der Waals surface area contributed by atoms with E-state index in [0.717, 1.165) is 0 Å². The summed E-state index contributed by atoms with van der Waals surface area (Å²) >= 11 is 0. The van der Waals surface area contributed by atoms with Crippen LogP contribution in [0.3, 0.4) is 0 Å². The zero-order chi connectivity index (χ0) is 23.5. The second-order valence-corrected chi connectivity index (χ2v) is 7.60. The Morgan fingerprint density at radius 1 is 1.10 bits per heavy atom. The Kier molecular flexibility index (Phi) is 5.04. The van der Waals surface area contributed by atoms with Gasteiger partial charge in [0.25, 0.3) is 0 Å². The number of aromatic nitrogens is 2. The fourth-order valence-electron chi connectivity index (χ4n) is 4.21. The van der Waals surface area contributed by atoms with Crippen LogP contribution in [-0.4, -0.2) is 9.78 Å². The lowest BCUT2D eigenvalue weighted by molar-refractivity contribution is -0.143. The van der Waals surface area contributed by atoms with Crippen LogP contribution in [-0.2, 0) is 24.8 Å².